The fourth-order valence-electron chi connectivity index (χ4n) is 0. The van der Waals surface area contributed by atoms with Crippen LogP contribution in [0.15, 0.2) is 0 Å². The first kappa shape index (κ1) is 23.1. The van der Waals surface area contributed by atoms with Crippen LogP contribution in [0.5, 0.6) is 0 Å². The van der Waals surface area contributed by atoms with Crippen molar-refractivity contribution in [2.75, 3.05) is 0 Å². The van der Waals surface area contributed by atoms with Crippen molar-refractivity contribution in [2.45, 2.75) is 0 Å². The van der Waals surface area contributed by atoms with Gasteiger partial charge < -0.3 is 6.15 Å². The number of hydrogen-bond donors (Lipinski definition) is 5. The standard InChI is InChI=1S/Ho.H3N.2H2O4S/c;;2*1-5(2,3)4/h;1H3;2*(H2,1,2,3,4). The van der Waals surface area contributed by atoms with Gasteiger partial charge in [-0.05, 0) is 0 Å². The molecule has 0 aliphatic heterocycles. The third kappa shape index (κ3) is 1180. The Morgan fingerprint density at radius 2 is 0.667 bits per heavy atom. The summed E-state index contributed by atoms with van der Waals surface area (Å²) in [6.07, 6.45) is 0. The van der Waals surface area contributed by atoms with Crippen LogP contribution in [0.3, 0.4) is 0 Å². The SMILES string of the molecule is N.O=S(=O)(O)O.O=S(=O)(O)O.[Ho]. The van der Waals surface area contributed by atoms with Crippen LogP contribution < -0.4 is 6.15 Å². The van der Waals surface area contributed by atoms with Crippen LogP contribution in [0, 0.1) is 37.7 Å². The molecule has 0 aromatic heterocycles. The number of hydrogen-bond acceptors (Lipinski definition) is 5. The molecule has 12 heavy (non-hydrogen) atoms. The summed E-state index contributed by atoms with van der Waals surface area (Å²) in [6.45, 7) is 0. The first-order valence-corrected chi connectivity index (χ1v) is 4.19. The molecule has 9 nitrogen and oxygen atoms in total. The molecular weight excluding hydrogens is 371 g/mol. The van der Waals surface area contributed by atoms with Gasteiger partial charge in [-0.25, -0.2) is 0 Å². The summed E-state index contributed by atoms with van der Waals surface area (Å²) in [7, 11) is -9.33. The van der Waals surface area contributed by atoms with E-state index in [1.54, 1.807) is 0 Å². The van der Waals surface area contributed by atoms with Crippen LogP contribution in [-0.4, -0.2) is 35.0 Å². The molecule has 0 saturated heterocycles. The average Bonchev–Trinajstić information content (AvgIpc) is 1.12. The molecule has 0 unspecified atom stereocenters. The first-order chi connectivity index (χ1) is 4.00. The zero-order valence-corrected chi connectivity index (χ0v) is 8.81. The van der Waals surface area contributed by atoms with Crippen LogP contribution in [0.1, 0.15) is 0 Å². The van der Waals surface area contributed by atoms with Crippen LogP contribution in [0.2, 0.25) is 0 Å². The molecule has 0 spiro atoms. The van der Waals surface area contributed by atoms with E-state index in [9.17, 15) is 0 Å². The molecule has 0 heterocycles. The zero-order valence-electron chi connectivity index (χ0n) is 5.25. The third-order valence-corrected chi connectivity index (χ3v) is 0. The molecule has 0 aromatic rings. The minimum absolute atomic E-state index is 0. The Balaban J connectivity index is -0.0000000457. The van der Waals surface area contributed by atoms with Crippen molar-refractivity contribution in [3.05, 3.63) is 0 Å². The second-order valence-electron chi connectivity index (χ2n) is 0.896. The van der Waals surface area contributed by atoms with E-state index in [2.05, 4.69) is 0 Å². The van der Waals surface area contributed by atoms with Gasteiger partial charge in [0, 0.05) is 37.7 Å². The molecule has 0 aliphatic rings. The van der Waals surface area contributed by atoms with Gasteiger partial charge in [0.2, 0.25) is 0 Å². The van der Waals surface area contributed by atoms with Gasteiger partial charge in [0.15, 0.2) is 0 Å². The summed E-state index contributed by atoms with van der Waals surface area (Å²) in [6, 6.07) is 0. The molecule has 1 radical (unpaired) electrons. The topological polar surface area (TPSA) is 184 Å². The molecule has 0 fully saturated rings. The van der Waals surface area contributed by atoms with E-state index in [4.69, 9.17) is 35.0 Å². The van der Waals surface area contributed by atoms with Crippen molar-refractivity contribution in [2.24, 2.45) is 0 Å². The maximum atomic E-state index is 8.74. The summed E-state index contributed by atoms with van der Waals surface area (Å²) < 4.78 is 63.2. The zero-order chi connectivity index (χ0) is 9.00. The molecule has 7 N–H and O–H groups in total. The minimum Gasteiger partial charge on any atom is -0.344 e. The Morgan fingerprint density at radius 1 is 0.667 bits per heavy atom. The monoisotopic (exact) mass is 378 g/mol. The van der Waals surface area contributed by atoms with Crippen LogP contribution in [-0.2, 0) is 20.8 Å². The van der Waals surface area contributed by atoms with Gasteiger partial charge in [0.1, 0.15) is 0 Å². The van der Waals surface area contributed by atoms with Crippen molar-refractivity contribution in [3.8, 4) is 0 Å². The molecule has 0 amide bonds. The van der Waals surface area contributed by atoms with E-state index in [-0.39, 0.29) is 43.9 Å². The van der Waals surface area contributed by atoms with E-state index in [0.29, 0.717) is 0 Å². The molecule has 12 heteroatoms. The first-order valence-electron chi connectivity index (χ1n) is 1.40. The van der Waals surface area contributed by atoms with Crippen molar-refractivity contribution >= 4 is 20.8 Å². The van der Waals surface area contributed by atoms with E-state index < -0.39 is 20.8 Å². The second-order valence-corrected chi connectivity index (χ2v) is 2.69. The molecule has 83 valence electrons. The molecule has 0 atom stereocenters. The van der Waals surface area contributed by atoms with Crippen molar-refractivity contribution in [1.82, 2.24) is 6.15 Å². The summed E-state index contributed by atoms with van der Waals surface area (Å²) in [4.78, 5) is 0. The average molecular weight is 378 g/mol. The molecular formula is H7HoNO8S2. The molecule has 0 aliphatic carbocycles. The Hall–Kier alpha value is 0.960. The second kappa shape index (κ2) is 8.55. The summed E-state index contributed by atoms with van der Waals surface area (Å²) in [5.41, 5.74) is 0. The van der Waals surface area contributed by atoms with E-state index in [0.717, 1.165) is 0 Å². The minimum atomic E-state index is -4.67. The normalized spacial score (nSPS) is 9.67. The van der Waals surface area contributed by atoms with Gasteiger partial charge in [-0.15, -0.1) is 0 Å². The number of rotatable bonds is 0. The smallest absolute Gasteiger partial charge is 0.344 e. The van der Waals surface area contributed by atoms with Gasteiger partial charge >= 0.3 is 20.8 Å². The van der Waals surface area contributed by atoms with Crippen LogP contribution >= 0.6 is 0 Å². The Bertz CT molecular complexity index is 213. The van der Waals surface area contributed by atoms with Crippen molar-refractivity contribution < 1.29 is 72.8 Å². The molecule has 0 rings (SSSR count). The third-order valence-electron chi connectivity index (χ3n) is 0. The maximum absolute atomic E-state index is 8.74. The summed E-state index contributed by atoms with van der Waals surface area (Å²) in [5, 5.41) is 0. The predicted octanol–water partition coefficient (Wildman–Crippen LogP) is -1.14. The predicted molar refractivity (Wildman–Crippen MR) is 33.4 cm³/mol. The van der Waals surface area contributed by atoms with Gasteiger partial charge in [0.25, 0.3) is 0 Å². The fourth-order valence-corrected chi connectivity index (χ4v) is 0. The molecule has 0 saturated carbocycles. The fraction of sp³-hybridized carbons (Fsp3) is 0. The van der Waals surface area contributed by atoms with E-state index in [1.165, 1.54) is 0 Å². The Labute approximate surface area is 98.9 Å². The van der Waals surface area contributed by atoms with Gasteiger partial charge in [-0.1, -0.05) is 0 Å². The van der Waals surface area contributed by atoms with Crippen molar-refractivity contribution in [1.29, 1.82) is 0 Å². The molecule has 0 aromatic carbocycles. The Kier molecular flexibility index (Phi) is 16.5. The van der Waals surface area contributed by atoms with Crippen molar-refractivity contribution in [3.63, 3.8) is 0 Å². The maximum Gasteiger partial charge on any atom is 0.394 e. The largest absolute Gasteiger partial charge is 0.394 e. The quantitative estimate of drug-likeness (QED) is 0.257. The van der Waals surface area contributed by atoms with Gasteiger partial charge in [-0.3, -0.25) is 18.2 Å². The van der Waals surface area contributed by atoms with Gasteiger partial charge in [0.05, 0.1) is 0 Å². The summed E-state index contributed by atoms with van der Waals surface area (Å²) in [5.74, 6) is 0. The Morgan fingerprint density at radius 3 is 0.667 bits per heavy atom. The van der Waals surface area contributed by atoms with Crippen LogP contribution in [0.4, 0.5) is 0 Å². The van der Waals surface area contributed by atoms with E-state index >= 15 is 0 Å². The van der Waals surface area contributed by atoms with Crippen LogP contribution in [0.25, 0.3) is 0 Å². The van der Waals surface area contributed by atoms with Gasteiger partial charge in [-0.2, -0.15) is 16.8 Å². The molecule has 0 bridgehead atoms. The van der Waals surface area contributed by atoms with E-state index in [1.807, 2.05) is 0 Å². The summed E-state index contributed by atoms with van der Waals surface area (Å²) >= 11 is 0.